The zero-order chi connectivity index (χ0) is 19.6. The van der Waals surface area contributed by atoms with E-state index in [2.05, 4.69) is 4.98 Å². The number of ether oxygens (including phenoxy) is 1. The van der Waals surface area contributed by atoms with Crippen LogP contribution in [-0.2, 0) is 16.6 Å². The van der Waals surface area contributed by atoms with E-state index in [4.69, 9.17) is 4.74 Å². The molecule has 1 aliphatic rings. The number of aromatic nitrogens is 1. The molecule has 8 heteroatoms. The molecule has 2 aromatic carbocycles. The van der Waals surface area contributed by atoms with Gasteiger partial charge in [-0.05, 0) is 49.2 Å². The number of hydrogen-bond acceptors (Lipinski definition) is 5. The van der Waals surface area contributed by atoms with Crippen LogP contribution in [0.3, 0.4) is 0 Å². The average Bonchev–Trinajstić information content (AvgIpc) is 3.40. The Labute approximate surface area is 167 Å². The van der Waals surface area contributed by atoms with Crippen LogP contribution in [0.25, 0.3) is 11.3 Å². The van der Waals surface area contributed by atoms with Crippen molar-refractivity contribution in [3.63, 3.8) is 0 Å². The van der Waals surface area contributed by atoms with E-state index in [-0.39, 0.29) is 12.4 Å². The fraction of sp³-hybridized carbons (Fsp3) is 0.250. The Hall–Kier alpha value is -2.29. The van der Waals surface area contributed by atoms with Crippen LogP contribution in [-0.4, -0.2) is 30.8 Å². The lowest BCUT2D eigenvalue weighted by molar-refractivity contribution is 0.305. The maximum atomic E-state index is 12.9. The van der Waals surface area contributed by atoms with Crippen molar-refractivity contribution in [2.75, 3.05) is 13.1 Å². The Bertz CT molecular complexity index is 1040. The monoisotopic (exact) mass is 418 g/mol. The van der Waals surface area contributed by atoms with Crippen LogP contribution < -0.4 is 4.74 Å². The molecule has 0 N–H and O–H groups in total. The van der Waals surface area contributed by atoms with Crippen molar-refractivity contribution in [3.8, 4) is 17.0 Å². The zero-order valence-corrected chi connectivity index (χ0v) is 16.7. The molecule has 1 aromatic heterocycles. The van der Waals surface area contributed by atoms with Gasteiger partial charge in [0.15, 0.2) is 0 Å². The molecular formula is C20H19FN2O3S2. The van der Waals surface area contributed by atoms with E-state index in [9.17, 15) is 12.8 Å². The molecule has 1 aliphatic heterocycles. The standard InChI is InChI=1S/C20H19FN2O3S2/c21-16-5-7-17(8-6-16)26-13-20-22-19(14-27-20)15-3-9-18(10-4-15)28(24,25)23-11-1-2-12-23/h3-10,14H,1-2,11-13H2. The van der Waals surface area contributed by atoms with Gasteiger partial charge >= 0.3 is 0 Å². The van der Waals surface area contributed by atoms with E-state index < -0.39 is 10.0 Å². The van der Waals surface area contributed by atoms with Gasteiger partial charge in [-0.1, -0.05) is 12.1 Å². The number of benzene rings is 2. The van der Waals surface area contributed by atoms with Crippen molar-refractivity contribution in [3.05, 3.63) is 64.7 Å². The molecule has 1 saturated heterocycles. The van der Waals surface area contributed by atoms with Gasteiger partial charge in [-0.3, -0.25) is 0 Å². The highest BCUT2D eigenvalue weighted by molar-refractivity contribution is 7.89. The molecule has 2 heterocycles. The summed E-state index contributed by atoms with van der Waals surface area (Å²) in [6.45, 7) is 1.47. The molecule has 0 spiro atoms. The third kappa shape index (κ3) is 4.09. The quantitative estimate of drug-likeness (QED) is 0.598. The van der Waals surface area contributed by atoms with Gasteiger partial charge in [0.1, 0.15) is 23.2 Å². The topological polar surface area (TPSA) is 59.5 Å². The van der Waals surface area contributed by atoms with Crippen molar-refractivity contribution < 1.29 is 17.5 Å². The van der Waals surface area contributed by atoms with Crippen molar-refractivity contribution in [2.45, 2.75) is 24.3 Å². The Kier molecular flexibility index (Phi) is 5.43. The zero-order valence-electron chi connectivity index (χ0n) is 15.0. The van der Waals surface area contributed by atoms with Crippen LogP contribution >= 0.6 is 11.3 Å². The summed E-state index contributed by atoms with van der Waals surface area (Å²) in [4.78, 5) is 4.86. The Morgan fingerprint density at radius 2 is 1.71 bits per heavy atom. The van der Waals surface area contributed by atoms with Gasteiger partial charge in [0, 0.05) is 24.0 Å². The lowest BCUT2D eigenvalue weighted by Gasteiger charge is -2.15. The van der Waals surface area contributed by atoms with Crippen molar-refractivity contribution in [1.82, 2.24) is 9.29 Å². The third-order valence-corrected chi connectivity index (χ3v) is 7.32. The number of thiazole rings is 1. The van der Waals surface area contributed by atoms with Crippen LogP contribution in [0, 0.1) is 5.82 Å². The molecule has 0 aliphatic carbocycles. The summed E-state index contributed by atoms with van der Waals surface area (Å²) in [5.74, 6) is 0.272. The van der Waals surface area contributed by atoms with Crippen molar-refractivity contribution >= 4 is 21.4 Å². The first-order valence-electron chi connectivity index (χ1n) is 8.96. The molecule has 0 bridgehead atoms. The Balaban J connectivity index is 1.44. The van der Waals surface area contributed by atoms with Crippen LogP contribution in [0.2, 0.25) is 0 Å². The molecule has 0 amide bonds. The number of rotatable bonds is 6. The highest BCUT2D eigenvalue weighted by Crippen LogP contribution is 2.26. The number of hydrogen-bond donors (Lipinski definition) is 0. The van der Waals surface area contributed by atoms with Gasteiger partial charge in [0.25, 0.3) is 0 Å². The van der Waals surface area contributed by atoms with Gasteiger partial charge in [-0.25, -0.2) is 17.8 Å². The summed E-state index contributed by atoms with van der Waals surface area (Å²) in [5.41, 5.74) is 1.62. The molecule has 0 saturated carbocycles. The lowest BCUT2D eigenvalue weighted by atomic mass is 10.2. The summed E-state index contributed by atoms with van der Waals surface area (Å²) in [7, 11) is -3.41. The van der Waals surface area contributed by atoms with Crippen molar-refractivity contribution in [2.24, 2.45) is 0 Å². The molecule has 0 atom stereocenters. The van der Waals surface area contributed by atoms with E-state index in [1.807, 2.05) is 5.38 Å². The van der Waals surface area contributed by atoms with Crippen LogP contribution in [0.4, 0.5) is 4.39 Å². The van der Waals surface area contributed by atoms with Crippen LogP contribution in [0.15, 0.2) is 58.8 Å². The van der Waals surface area contributed by atoms with E-state index in [0.717, 1.165) is 29.1 Å². The van der Waals surface area contributed by atoms with Crippen LogP contribution in [0.1, 0.15) is 17.8 Å². The first-order valence-corrected chi connectivity index (χ1v) is 11.3. The van der Waals surface area contributed by atoms with Gasteiger partial charge in [-0.15, -0.1) is 11.3 Å². The average molecular weight is 419 g/mol. The number of halogens is 1. The fourth-order valence-corrected chi connectivity index (χ4v) is 5.29. The second-order valence-corrected chi connectivity index (χ2v) is 9.39. The molecule has 28 heavy (non-hydrogen) atoms. The summed E-state index contributed by atoms with van der Waals surface area (Å²) < 4.78 is 45.3. The fourth-order valence-electron chi connectivity index (χ4n) is 3.06. The Morgan fingerprint density at radius 3 is 2.39 bits per heavy atom. The van der Waals surface area contributed by atoms with E-state index in [1.165, 1.54) is 27.8 Å². The normalized spacial score (nSPS) is 15.0. The predicted octanol–water partition coefficient (Wildman–Crippen LogP) is 4.31. The SMILES string of the molecule is O=S(=O)(c1ccc(-c2csc(COc3ccc(F)cc3)n2)cc1)N1CCCC1. The third-order valence-electron chi connectivity index (χ3n) is 4.58. The van der Waals surface area contributed by atoms with Gasteiger partial charge in [0.2, 0.25) is 10.0 Å². The molecule has 1 fully saturated rings. The highest BCUT2D eigenvalue weighted by Gasteiger charge is 2.26. The Morgan fingerprint density at radius 1 is 1.04 bits per heavy atom. The molecule has 146 valence electrons. The number of sulfonamides is 1. The van der Waals surface area contributed by atoms with Gasteiger partial charge in [-0.2, -0.15) is 4.31 Å². The molecule has 0 radical (unpaired) electrons. The summed E-state index contributed by atoms with van der Waals surface area (Å²) in [5, 5.41) is 2.70. The second-order valence-electron chi connectivity index (χ2n) is 6.50. The molecular weight excluding hydrogens is 399 g/mol. The molecule has 3 aromatic rings. The second kappa shape index (κ2) is 7.98. The summed E-state index contributed by atoms with van der Waals surface area (Å²) >= 11 is 1.46. The minimum absolute atomic E-state index is 0.289. The summed E-state index contributed by atoms with van der Waals surface area (Å²) in [6.07, 6.45) is 1.83. The lowest BCUT2D eigenvalue weighted by Crippen LogP contribution is -2.27. The largest absolute Gasteiger partial charge is 0.486 e. The first-order chi connectivity index (χ1) is 13.5. The minimum atomic E-state index is -3.41. The van der Waals surface area contributed by atoms with E-state index >= 15 is 0 Å². The molecule has 5 nitrogen and oxygen atoms in total. The molecule has 0 unspecified atom stereocenters. The maximum absolute atomic E-state index is 12.9. The summed E-state index contributed by atoms with van der Waals surface area (Å²) in [6, 6.07) is 12.7. The maximum Gasteiger partial charge on any atom is 0.243 e. The minimum Gasteiger partial charge on any atom is -0.486 e. The van der Waals surface area contributed by atoms with Crippen LogP contribution in [0.5, 0.6) is 5.75 Å². The van der Waals surface area contributed by atoms with E-state index in [1.54, 1.807) is 36.4 Å². The molecule has 4 rings (SSSR count). The van der Waals surface area contributed by atoms with Crippen molar-refractivity contribution in [1.29, 1.82) is 0 Å². The first kappa shape index (κ1) is 19.0. The predicted molar refractivity (Wildman–Crippen MR) is 106 cm³/mol. The smallest absolute Gasteiger partial charge is 0.243 e. The highest BCUT2D eigenvalue weighted by atomic mass is 32.2. The van der Waals surface area contributed by atoms with E-state index in [0.29, 0.717) is 23.7 Å². The van der Waals surface area contributed by atoms with Gasteiger partial charge < -0.3 is 4.74 Å². The van der Waals surface area contributed by atoms with Gasteiger partial charge in [0.05, 0.1) is 10.6 Å². The number of nitrogens with zero attached hydrogens (tertiary/aromatic N) is 2.